The van der Waals surface area contributed by atoms with Gasteiger partial charge in [-0.05, 0) is 57.6 Å². The summed E-state index contributed by atoms with van der Waals surface area (Å²) in [5, 5.41) is 10.1. The normalized spacial score (nSPS) is 20.8. The molecule has 0 saturated heterocycles. The van der Waals surface area contributed by atoms with Crippen LogP contribution in [-0.4, -0.2) is 10.8 Å². The number of allylic oxidation sites excluding steroid dienone is 3. The summed E-state index contributed by atoms with van der Waals surface area (Å²) in [4.78, 5) is 19.7. The first-order valence-electron chi connectivity index (χ1n) is 9.55. The quantitative estimate of drug-likeness (QED) is 0.553. The smallest absolute Gasteiger partial charge is 0.162 e. The van der Waals surface area contributed by atoms with E-state index in [2.05, 4.69) is 56.8 Å². The van der Waals surface area contributed by atoms with Crippen LogP contribution in [0.3, 0.4) is 0 Å². The SMILES string of the molecule is CC1(C)CC(=O)C2=C(C1)N(c1ccc(Br)cn1)C(N)=C(C#N)[C@H]2c1ccc(Br)cc1. The molecule has 1 aliphatic carbocycles. The van der Waals surface area contributed by atoms with E-state index >= 15 is 0 Å². The predicted octanol–water partition coefficient (Wildman–Crippen LogP) is 5.55. The van der Waals surface area contributed by atoms with E-state index in [1.807, 2.05) is 36.4 Å². The number of carbonyl (C=O) groups is 1. The molecule has 7 heteroatoms. The van der Waals surface area contributed by atoms with Gasteiger partial charge in [-0.25, -0.2) is 4.98 Å². The molecule has 5 nitrogen and oxygen atoms in total. The highest BCUT2D eigenvalue weighted by atomic mass is 79.9. The van der Waals surface area contributed by atoms with Gasteiger partial charge in [0.2, 0.25) is 0 Å². The van der Waals surface area contributed by atoms with Crippen molar-refractivity contribution < 1.29 is 4.79 Å². The fraction of sp³-hybridized carbons (Fsp3) is 0.261. The maximum atomic E-state index is 13.4. The van der Waals surface area contributed by atoms with Gasteiger partial charge in [-0.15, -0.1) is 0 Å². The van der Waals surface area contributed by atoms with E-state index in [1.165, 1.54) is 0 Å². The minimum atomic E-state index is -0.478. The molecule has 0 radical (unpaired) electrons. The maximum Gasteiger partial charge on any atom is 0.162 e. The Kier molecular flexibility index (Phi) is 5.33. The molecule has 1 atom stereocenters. The highest BCUT2D eigenvalue weighted by molar-refractivity contribution is 9.10. The van der Waals surface area contributed by atoms with Crippen molar-refractivity contribution in [3.8, 4) is 6.07 Å². The molecule has 2 N–H and O–H groups in total. The molecular weight excluding hydrogens is 508 g/mol. The van der Waals surface area contributed by atoms with E-state index in [0.29, 0.717) is 35.6 Å². The predicted molar refractivity (Wildman–Crippen MR) is 123 cm³/mol. The maximum absolute atomic E-state index is 13.4. The van der Waals surface area contributed by atoms with Gasteiger partial charge in [0.15, 0.2) is 5.78 Å². The van der Waals surface area contributed by atoms with E-state index in [-0.39, 0.29) is 11.2 Å². The van der Waals surface area contributed by atoms with Crippen LogP contribution in [-0.2, 0) is 4.79 Å². The zero-order valence-corrected chi connectivity index (χ0v) is 19.8. The standard InChI is InChI=1S/C23H20Br2N4O/c1-23(2)9-17-21(18(30)10-23)20(13-3-5-14(24)6-4-13)16(11-26)22(27)29(17)19-8-7-15(25)12-28-19/h3-8,12,20H,9-10,27H2,1-2H3/t20-/m1/s1. The summed E-state index contributed by atoms with van der Waals surface area (Å²) in [5.74, 6) is 0.491. The monoisotopic (exact) mass is 526 g/mol. The van der Waals surface area contributed by atoms with E-state index in [4.69, 9.17) is 5.73 Å². The summed E-state index contributed by atoms with van der Waals surface area (Å²) < 4.78 is 1.77. The van der Waals surface area contributed by atoms with E-state index in [0.717, 1.165) is 20.2 Å². The van der Waals surface area contributed by atoms with Crippen LogP contribution < -0.4 is 10.6 Å². The second kappa shape index (κ2) is 7.68. The Labute approximate surface area is 192 Å². The molecule has 30 heavy (non-hydrogen) atoms. The van der Waals surface area contributed by atoms with Crippen molar-refractivity contribution in [2.75, 3.05) is 4.90 Å². The Morgan fingerprint density at radius 1 is 1.13 bits per heavy atom. The average molecular weight is 528 g/mol. The topological polar surface area (TPSA) is 83.0 Å². The molecule has 152 valence electrons. The molecule has 0 fully saturated rings. The van der Waals surface area contributed by atoms with Crippen LogP contribution >= 0.6 is 31.9 Å². The van der Waals surface area contributed by atoms with Gasteiger partial charge < -0.3 is 5.73 Å². The third kappa shape index (κ3) is 3.59. The first kappa shape index (κ1) is 20.8. The van der Waals surface area contributed by atoms with Gasteiger partial charge in [0.05, 0.1) is 17.6 Å². The fourth-order valence-corrected chi connectivity index (χ4v) is 4.76. The third-order valence-electron chi connectivity index (χ3n) is 5.53. The summed E-state index contributed by atoms with van der Waals surface area (Å²) in [7, 11) is 0. The van der Waals surface area contributed by atoms with Gasteiger partial charge in [0.25, 0.3) is 0 Å². The van der Waals surface area contributed by atoms with Crippen LogP contribution in [0.2, 0.25) is 0 Å². The first-order valence-corrected chi connectivity index (χ1v) is 11.1. The number of nitrogens with zero attached hydrogens (tertiary/aromatic N) is 3. The van der Waals surface area contributed by atoms with Gasteiger partial charge in [0.1, 0.15) is 11.6 Å². The Bertz CT molecular complexity index is 1130. The van der Waals surface area contributed by atoms with Crippen LogP contribution in [0.15, 0.2) is 74.2 Å². The molecule has 2 aromatic rings. The number of rotatable bonds is 2. The summed E-state index contributed by atoms with van der Waals surface area (Å²) in [6.07, 6.45) is 2.78. The van der Waals surface area contributed by atoms with Crippen molar-refractivity contribution in [2.45, 2.75) is 32.6 Å². The molecular formula is C23H20Br2N4O. The van der Waals surface area contributed by atoms with Crippen LogP contribution in [0.25, 0.3) is 0 Å². The van der Waals surface area contributed by atoms with Crippen molar-refractivity contribution >= 4 is 43.5 Å². The van der Waals surface area contributed by atoms with Crippen LogP contribution in [0.4, 0.5) is 5.82 Å². The van der Waals surface area contributed by atoms with Crippen LogP contribution in [0.1, 0.15) is 38.2 Å². The fourth-order valence-electron chi connectivity index (χ4n) is 4.26. The van der Waals surface area contributed by atoms with Gasteiger partial charge in [-0.3, -0.25) is 9.69 Å². The lowest BCUT2D eigenvalue weighted by Gasteiger charge is -2.43. The second-order valence-corrected chi connectivity index (χ2v) is 10.2. The Hall–Kier alpha value is -2.43. The van der Waals surface area contributed by atoms with Crippen molar-refractivity contribution in [1.82, 2.24) is 4.98 Å². The van der Waals surface area contributed by atoms with E-state index in [1.54, 1.807) is 11.1 Å². The highest BCUT2D eigenvalue weighted by Gasteiger charge is 2.44. The number of carbonyl (C=O) groups excluding carboxylic acids is 1. The van der Waals surface area contributed by atoms with Gasteiger partial charge >= 0.3 is 0 Å². The zero-order valence-electron chi connectivity index (χ0n) is 16.6. The molecule has 0 amide bonds. The molecule has 2 heterocycles. The molecule has 1 aromatic heterocycles. The van der Waals surface area contributed by atoms with Crippen molar-refractivity contribution in [2.24, 2.45) is 11.1 Å². The summed E-state index contributed by atoms with van der Waals surface area (Å²) in [5.41, 5.74) is 9.09. The van der Waals surface area contributed by atoms with Gasteiger partial charge in [0, 0.05) is 32.8 Å². The summed E-state index contributed by atoms with van der Waals surface area (Å²) >= 11 is 6.86. The Morgan fingerprint density at radius 2 is 1.80 bits per heavy atom. The molecule has 1 aliphatic heterocycles. The average Bonchev–Trinajstić information content (AvgIpc) is 2.68. The second-order valence-electron chi connectivity index (χ2n) is 8.37. The van der Waals surface area contributed by atoms with Crippen LogP contribution in [0.5, 0.6) is 0 Å². The molecule has 1 aromatic carbocycles. The van der Waals surface area contributed by atoms with Gasteiger partial charge in [-0.2, -0.15) is 5.26 Å². The number of nitriles is 1. The minimum absolute atomic E-state index is 0.0523. The largest absolute Gasteiger partial charge is 0.384 e. The zero-order chi connectivity index (χ0) is 21.6. The number of Topliss-reactive ketones (excluding diaryl/α,β-unsaturated/α-hetero) is 1. The number of aromatic nitrogens is 1. The van der Waals surface area contributed by atoms with Crippen molar-refractivity contribution in [3.05, 3.63) is 79.8 Å². The number of ketones is 1. The number of anilines is 1. The molecule has 2 aliphatic rings. The molecule has 0 saturated carbocycles. The molecule has 4 rings (SSSR count). The lowest BCUT2D eigenvalue weighted by Crippen LogP contribution is -2.42. The van der Waals surface area contributed by atoms with Crippen molar-refractivity contribution in [3.63, 3.8) is 0 Å². The molecule has 0 bridgehead atoms. The summed E-state index contributed by atoms with van der Waals surface area (Å²) in [6.45, 7) is 4.16. The number of nitrogens with two attached hydrogens (primary N) is 1. The lowest BCUT2D eigenvalue weighted by molar-refractivity contribution is -0.118. The number of benzene rings is 1. The highest BCUT2D eigenvalue weighted by Crippen LogP contribution is 2.49. The number of hydrogen-bond acceptors (Lipinski definition) is 5. The molecule has 0 spiro atoms. The number of halogens is 2. The van der Waals surface area contributed by atoms with Crippen LogP contribution in [0, 0.1) is 16.7 Å². The first-order chi connectivity index (χ1) is 14.2. The third-order valence-corrected chi connectivity index (χ3v) is 6.52. The Balaban J connectivity index is 1.98. The van der Waals surface area contributed by atoms with Crippen molar-refractivity contribution in [1.29, 1.82) is 5.26 Å². The van der Waals surface area contributed by atoms with E-state index in [9.17, 15) is 10.1 Å². The van der Waals surface area contributed by atoms with E-state index < -0.39 is 5.92 Å². The minimum Gasteiger partial charge on any atom is -0.384 e. The lowest BCUT2D eigenvalue weighted by atomic mass is 9.68. The summed E-state index contributed by atoms with van der Waals surface area (Å²) in [6, 6.07) is 13.7. The number of hydrogen-bond donors (Lipinski definition) is 1. The molecule has 0 unspecified atom stereocenters. The Morgan fingerprint density at radius 3 is 2.40 bits per heavy atom. The van der Waals surface area contributed by atoms with Gasteiger partial charge in [-0.1, -0.05) is 41.9 Å². The number of pyridine rings is 1.